The van der Waals surface area contributed by atoms with E-state index in [4.69, 9.17) is 5.73 Å². The van der Waals surface area contributed by atoms with E-state index in [2.05, 4.69) is 15.0 Å². The maximum Gasteiger partial charge on any atom is 0.240 e. The molecule has 6 nitrogen and oxygen atoms in total. The van der Waals surface area contributed by atoms with Crippen LogP contribution in [0.2, 0.25) is 0 Å². The Hall–Kier alpha value is -1.60. The summed E-state index contributed by atoms with van der Waals surface area (Å²) >= 11 is 0. The molecular formula is C15H24N4O2S. The summed E-state index contributed by atoms with van der Waals surface area (Å²) in [7, 11) is -3.47. The monoisotopic (exact) mass is 324 g/mol. The van der Waals surface area contributed by atoms with Crippen molar-refractivity contribution in [3.63, 3.8) is 0 Å². The average molecular weight is 324 g/mol. The Morgan fingerprint density at radius 2 is 1.95 bits per heavy atom. The number of rotatable bonds is 7. The number of benzene rings is 1. The molecule has 4 N–H and O–H groups in total. The van der Waals surface area contributed by atoms with E-state index in [0.717, 1.165) is 12.1 Å². The fourth-order valence-electron chi connectivity index (χ4n) is 2.14. The molecule has 7 heteroatoms. The molecule has 22 heavy (non-hydrogen) atoms. The van der Waals surface area contributed by atoms with E-state index in [9.17, 15) is 8.42 Å². The van der Waals surface area contributed by atoms with Crippen molar-refractivity contribution in [2.75, 3.05) is 19.6 Å². The third-order valence-electron chi connectivity index (χ3n) is 3.80. The quantitative estimate of drug-likeness (QED) is 0.396. The van der Waals surface area contributed by atoms with Crippen molar-refractivity contribution >= 4 is 16.0 Å². The van der Waals surface area contributed by atoms with Crippen LogP contribution in [0.3, 0.4) is 0 Å². The van der Waals surface area contributed by atoms with Crippen LogP contribution in [0.15, 0.2) is 34.2 Å². The van der Waals surface area contributed by atoms with Crippen molar-refractivity contribution in [2.45, 2.75) is 31.1 Å². The van der Waals surface area contributed by atoms with Crippen molar-refractivity contribution in [3.8, 4) is 0 Å². The fraction of sp³-hybridized carbons (Fsp3) is 0.533. The molecule has 1 aromatic rings. The van der Waals surface area contributed by atoms with Gasteiger partial charge in [0.1, 0.15) is 0 Å². The molecule has 0 aliphatic heterocycles. The van der Waals surface area contributed by atoms with Crippen LogP contribution in [0, 0.1) is 12.8 Å². The lowest BCUT2D eigenvalue weighted by molar-refractivity contribution is 0.326. The Morgan fingerprint density at radius 1 is 1.27 bits per heavy atom. The van der Waals surface area contributed by atoms with Gasteiger partial charge in [-0.05, 0) is 37.8 Å². The van der Waals surface area contributed by atoms with Crippen molar-refractivity contribution in [1.82, 2.24) is 10.0 Å². The van der Waals surface area contributed by atoms with Gasteiger partial charge in [-0.2, -0.15) is 0 Å². The summed E-state index contributed by atoms with van der Waals surface area (Å²) < 4.78 is 26.6. The number of hydrogen-bond donors (Lipinski definition) is 3. The largest absolute Gasteiger partial charge is 0.370 e. The number of hydrogen-bond acceptors (Lipinski definition) is 3. The first-order valence-corrected chi connectivity index (χ1v) is 9.06. The molecule has 0 atom stereocenters. The zero-order valence-corrected chi connectivity index (χ0v) is 13.7. The van der Waals surface area contributed by atoms with Gasteiger partial charge >= 0.3 is 0 Å². The predicted octanol–water partition coefficient (Wildman–Crippen LogP) is 0.978. The van der Waals surface area contributed by atoms with Crippen LogP contribution in [0.5, 0.6) is 0 Å². The van der Waals surface area contributed by atoms with Gasteiger partial charge in [-0.3, -0.25) is 4.99 Å². The van der Waals surface area contributed by atoms with Crippen molar-refractivity contribution in [3.05, 3.63) is 29.8 Å². The number of sulfonamides is 1. The number of aliphatic imine (C=N–C) groups is 1. The average Bonchev–Trinajstić information content (AvgIpc) is 2.42. The number of aryl methyl sites for hydroxylation is 1. The van der Waals surface area contributed by atoms with E-state index in [-0.39, 0.29) is 11.4 Å². The van der Waals surface area contributed by atoms with Crippen LogP contribution in [0.4, 0.5) is 0 Å². The lowest BCUT2D eigenvalue weighted by Gasteiger charge is -2.23. The summed E-state index contributed by atoms with van der Waals surface area (Å²) in [5, 5.41) is 2.92. The molecule has 0 aromatic heterocycles. The molecule has 1 aliphatic carbocycles. The smallest absolute Gasteiger partial charge is 0.240 e. The third-order valence-corrected chi connectivity index (χ3v) is 5.28. The molecule has 1 aliphatic rings. The van der Waals surface area contributed by atoms with E-state index in [0.29, 0.717) is 18.4 Å². The van der Waals surface area contributed by atoms with E-state index in [1.54, 1.807) is 24.3 Å². The summed E-state index contributed by atoms with van der Waals surface area (Å²) in [6, 6.07) is 6.74. The second-order valence-electron chi connectivity index (χ2n) is 5.66. The molecule has 0 radical (unpaired) electrons. The first-order chi connectivity index (χ1) is 10.5. The normalized spacial score (nSPS) is 16.3. The maximum atomic E-state index is 12.0. The predicted molar refractivity (Wildman–Crippen MR) is 88.2 cm³/mol. The Labute approximate surface area is 132 Å². The Balaban J connectivity index is 1.71. The Bertz CT molecular complexity index is 607. The minimum atomic E-state index is -3.47. The number of nitrogens with one attached hydrogen (secondary N) is 2. The highest BCUT2D eigenvalue weighted by molar-refractivity contribution is 7.89. The molecule has 1 aromatic carbocycles. The maximum absolute atomic E-state index is 12.0. The summed E-state index contributed by atoms with van der Waals surface area (Å²) in [6.45, 7) is 3.34. The van der Waals surface area contributed by atoms with Crippen LogP contribution < -0.4 is 15.8 Å². The molecule has 122 valence electrons. The minimum Gasteiger partial charge on any atom is -0.370 e. The molecule has 1 fully saturated rings. The summed E-state index contributed by atoms with van der Waals surface area (Å²) in [4.78, 5) is 4.52. The van der Waals surface area contributed by atoms with Crippen LogP contribution in [-0.4, -0.2) is 34.0 Å². The van der Waals surface area contributed by atoms with E-state index in [1.165, 1.54) is 19.3 Å². The molecule has 1 saturated carbocycles. The molecule has 0 heterocycles. The minimum absolute atomic E-state index is 0.260. The van der Waals surface area contributed by atoms with Gasteiger partial charge in [-0.25, -0.2) is 13.1 Å². The molecule has 0 amide bonds. The summed E-state index contributed by atoms with van der Waals surface area (Å²) in [6.07, 6.45) is 3.74. The highest BCUT2D eigenvalue weighted by atomic mass is 32.2. The van der Waals surface area contributed by atoms with Crippen molar-refractivity contribution < 1.29 is 8.42 Å². The van der Waals surface area contributed by atoms with Gasteiger partial charge in [0.25, 0.3) is 0 Å². The van der Waals surface area contributed by atoms with Crippen LogP contribution in [0.1, 0.15) is 24.8 Å². The fourth-order valence-corrected chi connectivity index (χ4v) is 3.17. The lowest BCUT2D eigenvalue weighted by Crippen LogP contribution is -2.38. The highest BCUT2D eigenvalue weighted by Crippen LogP contribution is 2.26. The molecule has 0 spiro atoms. The number of nitrogens with zero attached hydrogens (tertiary/aromatic N) is 1. The second kappa shape index (κ2) is 7.60. The second-order valence-corrected chi connectivity index (χ2v) is 7.43. The van der Waals surface area contributed by atoms with Gasteiger partial charge in [0.2, 0.25) is 10.0 Å². The van der Waals surface area contributed by atoms with Crippen molar-refractivity contribution in [1.29, 1.82) is 0 Å². The highest BCUT2D eigenvalue weighted by Gasteiger charge is 2.16. The first kappa shape index (κ1) is 16.8. The number of nitrogens with two attached hydrogens (primary N) is 1. The third kappa shape index (κ3) is 4.99. The molecular weight excluding hydrogens is 300 g/mol. The number of guanidine groups is 1. The summed E-state index contributed by atoms with van der Waals surface area (Å²) in [5.41, 5.74) is 6.76. The van der Waals surface area contributed by atoms with E-state index < -0.39 is 10.0 Å². The van der Waals surface area contributed by atoms with Crippen LogP contribution in [-0.2, 0) is 10.0 Å². The molecule has 0 saturated heterocycles. The van der Waals surface area contributed by atoms with Gasteiger partial charge in [0.15, 0.2) is 5.96 Å². The molecule has 2 rings (SSSR count). The van der Waals surface area contributed by atoms with Crippen LogP contribution >= 0.6 is 0 Å². The zero-order valence-electron chi connectivity index (χ0n) is 12.9. The van der Waals surface area contributed by atoms with Gasteiger partial charge in [0, 0.05) is 19.6 Å². The van der Waals surface area contributed by atoms with Gasteiger partial charge in [-0.15, -0.1) is 0 Å². The Kier molecular flexibility index (Phi) is 5.79. The van der Waals surface area contributed by atoms with Gasteiger partial charge in [0.05, 0.1) is 4.90 Å². The van der Waals surface area contributed by atoms with Crippen molar-refractivity contribution in [2.24, 2.45) is 16.6 Å². The zero-order chi connectivity index (χ0) is 16.0. The molecule has 0 bridgehead atoms. The first-order valence-electron chi connectivity index (χ1n) is 7.57. The lowest BCUT2D eigenvalue weighted by atomic mass is 9.86. The summed E-state index contributed by atoms with van der Waals surface area (Å²) in [5.74, 6) is 1.04. The van der Waals surface area contributed by atoms with Crippen LogP contribution in [0.25, 0.3) is 0 Å². The van der Waals surface area contributed by atoms with E-state index >= 15 is 0 Å². The van der Waals surface area contributed by atoms with Gasteiger partial charge in [-0.1, -0.05) is 24.1 Å². The standard InChI is InChI=1S/C15H24N4O2S/c1-12-5-7-14(8-6-12)22(20,21)19-10-9-17-15(16)18-11-13-3-2-4-13/h5-8,13,19H,2-4,9-11H2,1H3,(H3,16,17,18). The van der Waals surface area contributed by atoms with Gasteiger partial charge < -0.3 is 11.1 Å². The SMILES string of the molecule is Cc1ccc(S(=O)(=O)NCCNC(N)=NCC2CCC2)cc1. The topological polar surface area (TPSA) is 96.6 Å². The van der Waals surface area contributed by atoms with E-state index in [1.807, 2.05) is 6.92 Å². The Morgan fingerprint density at radius 3 is 2.55 bits per heavy atom. The molecule has 0 unspecified atom stereocenters.